The number of rotatable bonds is 5. The second-order valence-electron chi connectivity index (χ2n) is 7.60. The van der Waals surface area contributed by atoms with Gasteiger partial charge in [-0.2, -0.15) is 0 Å². The van der Waals surface area contributed by atoms with Crippen LogP contribution in [0.2, 0.25) is 10.0 Å². The molecule has 0 bridgehead atoms. The first-order valence-electron chi connectivity index (χ1n) is 10.2. The molecule has 0 saturated carbocycles. The predicted molar refractivity (Wildman–Crippen MR) is 127 cm³/mol. The number of halogens is 2. The van der Waals surface area contributed by atoms with Crippen LogP contribution >= 0.6 is 23.2 Å². The highest BCUT2D eigenvalue weighted by Crippen LogP contribution is 2.35. The lowest BCUT2D eigenvalue weighted by molar-refractivity contribution is 0.0890. The minimum absolute atomic E-state index is 0.0773. The molecule has 8 heteroatoms. The Hall–Kier alpha value is -3.19. The van der Waals surface area contributed by atoms with E-state index < -0.39 is 0 Å². The summed E-state index contributed by atoms with van der Waals surface area (Å²) in [6, 6.07) is 16.0. The Kier molecular flexibility index (Phi) is 5.89. The normalized spacial score (nSPS) is 13.4. The summed E-state index contributed by atoms with van der Waals surface area (Å²) in [6.45, 7) is 1.48. The molecule has 1 aliphatic heterocycles. The van der Waals surface area contributed by atoms with E-state index in [0.29, 0.717) is 58.1 Å². The third-order valence-electron chi connectivity index (χ3n) is 5.45. The van der Waals surface area contributed by atoms with Gasteiger partial charge in [0, 0.05) is 23.1 Å². The molecule has 0 fully saturated rings. The Morgan fingerprint density at radius 1 is 1.03 bits per heavy atom. The van der Waals surface area contributed by atoms with Crippen LogP contribution in [0, 0.1) is 0 Å². The van der Waals surface area contributed by atoms with Gasteiger partial charge in [0.2, 0.25) is 11.2 Å². The van der Waals surface area contributed by atoms with Crippen LogP contribution in [-0.4, -0.2) is 18.7 Å². The van der Waals surface area contributed by atoms with Crippen molar-refractivity contribution in [2.45, 2.75) is 13.1 Å². The molecule has 0 spiro atoms. The van der Waals surface area contributed by atoms with Crippen molar-refractivity contribution < 1.29 is 18.6 Å². The van der Waals surface area contributed by atoms with E-state index in [4.69, 9.17) is 41.8 Å². The maximum Gasteiger partial charge on any atom is 0.235 e. The molecule has 4 aromatic rings. The quantitative estimate of drug-likeness (QED) is 0.334. The van der Waals surface area contributed by atoms with Gasteiger partial charge in [-0.15, -0.1) is 0 Å². The van der Waals surface area contributed by atoms with E-state index in [9.17, 15) is 4.79 Å². The fourth-order valence-corrected chi connectivity index (χ4v) is 4.29. The van der Waals surface area contributed by atoms with E-state index in [1.165, 1.54) is 6.26 Å². The van der Waals surface area contributed by atoms with Crippen LogP contribution in [0.25, 0.3) is 11.0 Å². The van der Waals surface area contributed by atoms with E-state index >= 15 is 0 Å². The van der Waals surface area contributed by atoms with Crippen molar-refractivity contribution >= 4 is 34.2 Å². The number of fused-ring (bicyclic) bond motifs is 3. The van der Waals surface area contributed by atoms with Gasteiger partial charge in [-0.05, 0) is 42.0 Å². The predicted octanol–water partition coefficient (Wildman–Crippen LogP) is 6.25. The van der Waals surface area contributed by atoms with Crippen LogP contribution in [0.1, 0.15) is 11.1 Å². The number of nitrogens with zero attached hydrogens (tertiary/aromatic N) is 1. The molecule has 1 aromatic heterocycles. The van der Waals surface area contributed by atoms with Crippen LogP contribution in [-0.2, 0) is 13.1 Å². The molecule has 0 radical (unpaired) electrons. The third-order valence-corrected chi connectivity index (χ3v) is 6.04. The Morgan fingerprint density at radius 3 is 2.64 bits per heavy atom. The number of hydrogen-bond donors (Lipinski definition) is 0. The lowest BCUT2D eigenvalue weighted by atomic mass is 10.1. The van der Waals surface area contributed by atoms with E-state index in [0.717, 1.165) is 11.1 Å². The van der Waals surface area contributed by atoms with Gasteiger partial charge in [0.15, 0.2) is 11.5 Å². The molecular formula is C25H19Cl2NO5. The summed E-state index contributed by atoms with van der Waals surface area (Å²) in [5.41, 5.74) is 1.92. The monoisotopic (exact) mass is 483 g/mol. The van der Waals surface area contributed by atoms with Crippen molar-refractivity contribution in [1.29, 1.82) is 0 Å². The van der Waals surface area contributed by atoms with Gasteiger partial charge in [-0.3, -0.25) is 9.69 Å². The average Bonchev–Trinajstić information content (AvgIpc) is 2.82. The maximum absolute atomic E-state index is 13.2. The molecule has 1 aliphatic rings. The summed E-state index contributed by atoms with van der Waals surface area (Å²) in [5.74, 6) is 1.71. The SMILES string of the molecule is COc1ccccc1Oc1coc2c3c(ccc2c1=O)OCN(Cc1ccc(Cl)cc1Cl)C3. The van der Waals surface area contributed by atoms with E-state index in [1.807, 2.05) is 12.1 Å². The van der Waals surface area contributed by atoms with Gasteiger partial charge in [0.1, 0.15) is 24.3 Å². The molecule has 0 amide bonds. The first kappa shape index (κ1) is 21.6. The van der Waals surface area contributed by atoms with Gasteiger partial charge in [-0.25, -0.2) is 0 Å². The largest absolute Gasteiger partial charge is 0.493 e. The van der Waals surface area contributed by atoms with Crippen molar-refractivity contribution in [1.82, 2.24) is 4.90 Å². The maximum atomic E-state index is 13.2. The van der Waals surface area contributed by atoms with Crippen molar-refractivity contribution in [2.75, 3.05) is 13.8 Å². The first-order valence-corrected chi connectivity index (χ1v) is 11.0. The molecule has 0 unspecified atom stereocenters. The second-order valence-corrected chi connectivity index (χ2v) is 8.44. The summed E-state index contributed by atoms with van der Waals surface area (Å²) in [6.07, 6.45) is 1.33. The molecule has 0 N–H and O–H groups in total. The van der Waals surface area contributed by atoms with E-state index in [2.05, 4.69) is 4.90 Å². The molecule has 3 aromatic carbocycles. The lowest BCUT2D eigenvalue weighted by Gasteiger charge is -2.29. The van der Waals surface area contributed by atoms with Gasteiger partial charge < -0.3 is 18.6 Å². The van der Waals surface area contributed by atoms with Crippen LogP contribution in [0.4, 0.5) is 0 Å². The van der Waals surface area contributed by atoms with Gasteiger partial charge >= 0.3 is 0 Å². The highest BCUT2D eigenvalue weighted by atomic mass is 35.5. The molecule has 0 atom stereocenters. The third kappa shape index (κ3) is 4.25. The second kappa shape index (κ2) is 8.98. The number of ether oxygens (including phenoxy) is 3. The number of methoxy groups -OCH3 is 1. The first-order chi connectivity index (χ1) is 16.0. The lowest BCUT2D eigenvalue weighted by Crippen LogP contribution is -2.31. The zero-order valence-corrected chi connectivity index (χ0v) is 19.2. The topological polar surface area (TPSA) is 61.1 Å². The van der Waals surface area contributed by atoms with Crippen LogP contribution in [0.15, 0.2) is 70.1 Å². The highest BCUT2D eigenvalue weighted by Gasteiger charge is 2.24. The van der Waals surface area contributed by atoms with Crippen molar-refractivity contribution in [3.8, 4) is 23.0 Å². The fourth-order valence-electron chi connectivity index (χ4n) is 3.82. The number of hydrogen-bond acceptors (Lipinski definition) is 6. The van der Waals surface area contributed by atoms with Gasteiger partial charge in [-0.1, -0.05) is 41.4 Å². The summed E-state index contributed by atoms with van der Waals surface area (Å²) < 4.78 is 22.9. The van der Waals surface area contributed by atoms with Crippen molar-refractivity contribution in [3.63, 3.8) is 0 Å². The Labute approximate surface area is 199 Å². The minimum Gasteiger partial charge on any atom is -0.493 e. The summed E-state index contributed by atoms with van der Waals surface area (Å²) in [4.78, 5) is 15.2. The summed E-state index contributed by atoms with van der Waals surface area (Å²) >= 11 is 12.3. The molecule has 0 saturated heterocycles. The van der Waals surface area contributed by atoms with Crippen molar-refractivity contribution in [2.24, 2.45) is 0 Å². The molecule has 5 rings (SSSR count). The molecule has 0 aliphatic carbocycles. The number of benzene rings is 3. The van der Waals surface area contributed by atoms with Crippen molar-refractivity contribution in [3.05, 3.63) is 92.3 Å². The van der Waals surface area contributed by atoms with Crippen LogP contribution in [0.5, 0.6) is 23.0 Å². The molecule has 6 nitrogen and oxygen atoms in total. The summed E-state index contributed by atoms with van der Waals surface area (Å²) in [5, 5.41) is 1.59. The average molecular weight is 484 g/mol. The number of para-hydroxylation sites is 2. The molecular weight excluding hydrogens is 465 g/mol. The highest BCUT2D eigenvalue weighted by molar-refractivity contribution is 6.35. The summed E-state index contributed by atoms with van der Waals surface area (Å²) in [7, 11) is 1.54. The minimum atomic E-state index is -0.275. The van der Waals surface area contributed by atoms with Gasteiger partial charge in [0.25, 0.3) is 0 Å². The molecule has 168 valence electrons. The Balaban J connectivity index is 1.46. The standard InChI is InChI=1S/C25H19Cl2NO5/c1-30-21-4-2-3-5-22(21)33-23-13-31-25-17(24(23)29)8-9-20-18(25)12-28(14-32-20)11-15-6-7-16(26)10-19(15)27/h2-10,13H,11-12,14H2,1H3. The van der Waals surface area contributed by atoms with Gasteiger partial charge in [0.05, 0.1) is 18.1 Å². The van der Waals surface area contributed by atoms with Crippen LogP contribution in [0.3, 0.4) is 0 Å². The smallest absolute Gasteiger partial charge is 0.235 e. The Bertz CT molecular complexity index is 1400. The Morgan fingerprint density at radius 2 is 1.85 bits per heavy atom. The molecule has 2 heterocycles. The van der Waals surface area contributed by atoms with Crippen LogP contribution < -0.4 is 19.6 Å². The fraction of sp³-hybridized carbons (Fsp3) is 0.160. The zero-order chi connectivity index (χ0) is 22.9. The molecule has 33 heavy (non-hydrogen) atoms. The zero-order valence-electron chi connectivity index (χ0n) is 17.6. The van der Waals surface area contributed by atoms with E-state index in [-0.39, 0.29) is 11.2 Å². The van der Waals surface area contributed by atoms with E-state index in [1.54, 1.807) is 49.6 Å².